The van der Waals surface area contributed by atoms with Gasteiger partial charge in [0.2, 0.25) is 0 Å². The highest BCUT2D eigenvalue weighted by molar-refractivity contribution is 5.94. The molecule has 3 aliphatic carbocycles. The van der Waals surface area contributed by atoms with E-state index < -0.39 is 0 Å². The third-order valence-corrected chi connectivity index (χ3v) is 5.94. The lowest BCUT2D eigenvalue weighted by Gasteiger charge is -2.60. The molecule has 3 fully saturated rings. The van der Waals surface area contributed by atoms with Crippen molar-refractivity contribution in [1.29, 1.82) is 0 Å². The van der Waals surface area contributed by atoms with Gasteiger partial charge in [-0.15, -0.1) is 0 Å². The maximum absolute atomic E-state index is 11.5. The second kappa shape index (κ2) is 5.36. The molecule has 2 bridgehead atoms. The number of carbonyl (C=O) groups excluding carboxylic acids is 1. The molecule has 114 valence electrons. The molecule has 0 spiro atoms. The monoisotopic (exact) mass is 286 g/mol. The van der Waals surface area contributed by atoms with Gasteiger partial charge in [0.25, 0.3) is 5.91 Å². The van der Waals surface area contributed by atoms with E-state index in [4.69, 9.17) is 0 Å². The first-order valence-electron chi connectivity index (χ1n) is 8.08. The normalized spacial score (nSPS) is 29.4. The molecule has 0 aliphatic heterocycles. The van der Waals surface area contributed by atoms with Crippen LogP contribution in [0.2, 0.25) is 0 Å². The lowest BCUT2D eigenvalue weighted by Crippen LogP contribution is -2.53. The van der Waals surface area contributed by atoms with Crippen molar-refractivity contribution in [2.24, 2.45) is 23.2 Å². The van der Waals surface area contributed by atoms with Crippen LogP contribution in [0.3, 0.4) is 0 Å². The Kier molecular flexibility index (Phi) is 3.68. The Morgan fingerprint density at radius 3 is 2.52 bits per heavy atom. The van der Waals surface area contributed by atoms with Crippen molar-refractivity contribution in [3.05, 3.63) is 29.8 Å². The van der Waals surface area contributed by atoms with Gasteiger partial charge in [0.05, 0.1) is 0 Å². The molecule has 3 aliphatic rings. The Labute approximate surface area is 127 Å². The van der Waals surface area contributed by atoms with E-state index >= 15 is 0 Å². The Hall–Kier alpha value is -1.51. The van der Waals surface area contributed by atoms with Crippen molar-refractivity contribution in [3.63, 3.8) is 0 Å². The van der Waals surface area contributed by atoms with Gasteiger partial charge in [-0.3, -0.25) is 4.79 Å². The van der Waals surface area contributed by atoms with Crippen molar-refractivity contribution in [1.82, 2.24) is 5.32 Å². The number of fused-ring (bicyclic) bond motifs is 2. The van der Waals surface area contributed by atoms with Crippen LogP contribution in [0.5, 0.6) is 0 Å². The number of hydrogen-bond donors (Lipinski definition) is 2. The van der Waals surface area contributed by atoms with Crippen LogP contribution in [0.4, 0.5) is 5.69 Å². The van der Waals surface area contributed by atoms with Gasteiger partial charge in [0.15, 0.2) is 0 Å². The summed E-state index contributed by atoms with van der Waals surface area (Å²) in [4.78, 5) is 11.5. The molecule has 3 heteroatoms. The van der Waals surface area contributed by atoms with Crippen LogP contribution in [-0.2, 0) is 0 Å². The number of anilines is 1. The van der Waals surface area contributed by atoms with Crippen LogP contribution >= 0.6 is 0 Å². The predicted octanol–water partition coefficient (Wildman–Crippen LogP) is 3.53. The van der Waals surface area contributed by atoms with E-state index in [1.54, 1.807) is 7.05 Å². The molecule has 0 aromatic heterocycles. The van der Waals surface area contributed by atoms with Crippen LogP contribution < -0.4 is 10.6 Å². The summed E-state index contributed by atoms with van der Waals surface area (Å²) in [6.45, 7) is 5.94. The zero-order valence-corrected chi connectivity index (χ0v) is 13.3. The second-order valence-electron chi connectivity index (χ2n) is 7.24. The van der Waals surface area contributed by atoms with E-state index in [0.29, 0.717) is 11.0 Å². The number of benzene rings is 1. The standard InChI is InChI=1S/C18H26N2O/c1-18(2)14-7-4-13(16(18)10-14)11-20-15-8-5-12(6-9-15)17(21)19-3/h5-6,8-9,13-14,16,20H,4,7,10-11H2,1-3H3,(H,19,21)/t13-,14-,16-/m1/s1. The zero-order valence-electron chi connectivity index (χ0n) is 13.3. The molecule has 21 heavy (non-hydrogen) atoms. The number of amides is 1. The van der Waals surface area contributed by atoms with Gasteiger partial charge in [-0.1, -0.05) is 13.8 Å². The van der Waals surface area contributed by atoms with E-state index in [1.807, 2.05) is 24.3 Å². The average Bonchev–Trinajstić information content (AvgIpc) is 2.52. The molecule has 3 saturated carbocycles. The highest BCUT2D eigenvalue weighted by atomic mass is 16.1. The van der Waals surface area contributed by atoms with Crippen molar-refractivity contribution >= 4 is 11.6 Å². The van der Waals surface area contributed by atoms with E-state index in [-0.39, 0.29) is 5.91 Å². The predicted molar refractivity (Wildman–Crippen MR) is 86.4 cm³/mol. The fourth-order valence-electron chi connectivity index (χ4n) is 4.34. The topological polar surface area (TPSA) is 41.1 Å². The molecule has 0 heterocycles. The molecule has 3 nitrogen and oxygen atoms in total. The zero-order chi connectivity index (χ0) is 15.0. The Morgan fingerprint density at radius 1 is 1.24 bits per heavy atom. The minimum atomic E-state index is -0.0314. The maximum atomic E-state index is 11.5. The van der Waals surface area contributed by atoms with Crippen molar-refractivity contribution in [2.45, 2.75) is 33.1 Å². The Balaban J connectivity index is 1.57. The number of rotatable bonds is 4. The van der Waals surface area contributed by atoms with Crippen LogP contribution in [0.15, 0.2) is 24.3 Å². The highest BCUT2D eigenvalue weighted by Gasteiger charge is 2.53. The first-order valence-corrected chi connectivity index (χ1v) is 8.08. The summed E-state index contributed by atoms with van der Waals surface area (Å²) >= 11 is 0. The smallest absolute Gasteiger partial charge is 0.251 e. The fourth-order valence-corrected chi connectivity index (χ4v) is 4.34. The summed E-state index contributed by atoms with van der Waals surface area (Å²) < 4.78 is 0. The van der Waals surface area contributed by atoms with Gasteiger partial charge in [0.1, 0.15) is 0 Å². The first-order chi connectivity index (χ1) is 10.0. The molecule has 3 atom stereocenters. The Bertz CT molecular complexity index is 519. The van der Waals surface area contributed by atoms with E-state index in [0.717, 1.165) is 30.0 Å². The molecule has 2 N–H and O–H groups in total. The third kappa shape index (κ3) is 2.54. The summed E-state index contributed by atoms with van der Waals surface area (Å²) in [6, 6.07) is 7.76. The van der Waals surface area contributed by atoms with Gasteiger partial charge >= 0.3 is 0 Å². The SMILES string of the molecule is CNC(=O)c1ccc(NC[C@H]2CC[C@@H]3C[C@H]2C3(C)C)cc1. The van der Waals surface area contributed by atoms with Crippen LogP contribution in [-0.4, -0.2) is 19.5 Å². The summed E-state index contributed by atoms with van der Waals surface area (Å²) in [5.74, 6) is 2.61. The fraction of sp³-hybridized carbons (Fsp3) is 0.611. The average molecular weight is 286 g/mol. The van der Waals surface area contributed by atoms with Gasteiger partial charge in [0, 0.05) is 24.8 Å². The third-order valence-electron chi connectivity index (χ3n) is 5.94. The summed E-state index contributed by atoms with van der Waals surface area (Å²) in [7, 11) is 1.66. The summed E-state index contributed by atoms with van der Waals surface area (Å²) in [5.41, 5.74) is 2.37. The van der Waals surface area contributed by atoms with Crippen LogP contribution in [0.1, 0.15) is 43.5 Å². The number of hydrogen-bond acceptors (Lipinski definition) is 2. The van der Waals surface area contributed by atoms with Gasteiger partial charge in [-0.05, 0) is 66.7 Å². The van der Waals surface area contributed by atoms with Crippen LogP contribution in [0, 0.1) is 23.2 Å². The minimum absolute atomic E-state index is 0.0314. The molecule has 1 aromatic carbocycles. The molecule has 1 aromatic rings. The minimum Gasteiger partial charge on any atom is -0.385 e. The largest absolute Gasteiger partial charge is 0.385 e. The molecular formula is C18H26N2O. The van der Waals surface area contributed by atoms with Crippen molar-refractivity contribution < 1.29 is 4.79 Å². The van der Waals surface area contributed by atoms with Crippen LogP contribution in [0.25, 0.3) is 0 Å². The van der Waals surface area contributed by atoms with Crippen molar-refractivity contribution in [2.75, 3.05) is 18.9 Å². The molecular weight excluding hydrogens is 260 g/mol. The van der Waals surface area contributed by atoms with E-state index in [9.17, 15) is 4.79 Å². The molecule has 0 saturated heterocycles. The lowest BCUT2D eigenvalue weighted by molar-refractivity contribution is -0.100. The van der Waals surface area contributed by atoms with Gasteiger partial charge in [-0.2, -0.15) is 0 Å². The molecule has 4 rings (SSSR count). The second-order valence-corrected chi connectivity index (χ2v) is 7.24. The highest BCUT2D eigenvalue weighted by Crippen LogP contribution is 2.61. The number of carbonyl (C=O) groups is 1. The maximum Gasteiger partial charge on any atom is 0.251 e. The number of nitrogens with one attached hydrogen (secondary N) is 2. The van der Waals surface area contributed by atoms with Gasteiger partial charge in [-0.25, -0.2) is 0 Å². The summed E-state index contributed by atoms with van der Waals surface area (Å²) in [6.07, 6.45) is 4.18. The summed E-state index contributed by atoms with van der Waals surface area (Å²) in [5, 5.41) is 6.20. The Morgan fingerprint density at radius 2 is 1.95 bits per heavy atom. The van der Waals surface area contributed by atoms with E-state index in [1.165, 1.54) is 19.3 Å². The first kappa shape index (κ1) is 14.4. The quantitative estimate of drug-likeness (QED) is 0.889. The molecule has 0 radical (unpaired) electrons. The van der Waals surface area contributed by atoms with Crippen molar-refractivity contribution in [3.8, 4) is 0 Å². The molecule has 0 unspecified atom stereocenters. The lowest BCUT2D eigenvalue weighted by atomic mass is 9.45. The molecule has 1 amide bonds. The van der Waals surface area contributed by atoms with Gasteiger partial charge < -0.3 is 10.6 Å². The van der Waals surface area contributed by atoms with E-state index in [2.05, 4.69) is 24.5 Å².